The number of nitrogens with zero attached hydrogens (tertiary/aromatic N) is 1. The Labute approximate surface area is 125 Å². The van der Waals surface area contributed by atoms with Gasteiger partial charge in [-0.25, -0.2) is 0 Å². The van der Waals surface area contributed by atoms with Crippen molar-refractivity contribution in [3.63, 3.8) is 0 Å². The predicted octanol–water partition coefficient (Wildman–Crippen LogP) is 0.546. The maximum atomic E-state index is 10.1. The van der Waals surface area contributed by atoms with Gasteiger partial charge in [-0.3, -0.25) is 4.48 Å². The summed E-state index contributed by atoms with van der Waals surface area (Å²) in [5, 5.41) is 10.1. The standard InChI is InChI=1S/C14H32NO.HI/c1-5-8-11-15(14(4)16,12-9-6-2)13-10-7-3;/h14,16H,5-13H2,1-4H3;1H/q+1;/p-1. The molecule has 0 aromatic rings. The van der Waals surface area contributed by atoms with Gasteiger partial charge in [0.1, 0.15) is 0 Å². The molecule has 0 aliphatic carbocycles. The molecule has 0 amide bonds. The lowest BCUT2D eigenvalue weighted by molar-refractivity contribution is -0.969. The molecule has 0 aromatic carbocycles. The topological polar surface area (TPSA) is 20.2 Å². The Kier molecular flexibility index (Phi) is 13.8. The van der Waals surface area contributed by atoms with Crippen molar-refractivity contribution in [3.8, 4) is 0 Å². The number of aliphatic hydroxyl groups is 1. The highest BCUT2D eigenvalue weighted by atomic mass is 127. The number of rotatable bonds is 10. The smallest absolute Gasteiger partial charge is 0.187 e. The van der Waals surface area contributed by atoms with Crippen molar-refractivity contribution in [2.45, 2.75) is 72.4 Å². The first kappa shape index (κ1) is 20.0. The van der Waals surface area contributed by atoms with E-state index in [1.807, 2.05) is 6.92 Å². The van der Waals surface area contributed by atoms with E-state index < -0.39 is 0 Å². The minimum atomic E-state index is -0.204. The highest BCUT2D eigenvalue weighted by Crippen LogP contribution is 2.18. The average Bonchev–Trinajstić information content (AvgIpc) is 2.28. The third-order valence-electron chi connectivity index (χ3n) is 3.66. The van der Waals surface area contributed by atoms with Gasteiger partial charge in [0, 0.05) is 6.92 Å². The second-order valence-electron chi connectivity index (χ2n) is 5.08. The molecule has 0 heterocycles. The van der Waals surface area contributed by atoms with Crippen LogP contribution in [-0.2, 0) is 0 Å². The van der Waals surface area contributed by atoms with E-state index in [-0.39, 0.29) is 30.2 Å². The normalized spacial score (nSPS) is 13.2. The molecule has 0 spiro atoms. The lowest BCUT2D eigenvalue weighted by Gasteiger charge is -2.41. The number of unbranched alkanes of at least 4 members (excludes halogenated alkanes) is 3. The van der Waals surface area contributed by atoms with Gasteiger partial charge in [0.05, 0.1) is 19.6 Å². The Hall–Kier alpha value is 0.650. The molecule has 106 valence electrons. The fourth-order valence-electron chi connectivity index (χ4n) is 2.31. The molecule has 0 aliphatic heterocycles. The molecule has 0 aromatic heterocycles. The molecule has 17 heavy (non-hydrogen) atoms. The largest absolute Gasteiger partial charge is 1.00 e. The van der Waals surface area contributed by atoms with Gasteiger partial charge >= 0.3 is 0 Å². The van der Waals surface area contributed by atoms with Gasteiger partial charge in [-0.05, 0) is 19.3 Å². The van der Waals surface area contributed by atoms with Crippen LogP contribution in [0.1, 0.15) is 66.2 Å². The van der Waals surface area contributed by atoms with Gasteiger partial charge in [0.2, 0.25) is 0 Å². The summed E-state index contributed by atoms with van der Waals surface area (Å²) in [6.07, 6.45) is 7.18. The van der Waals surface area contributed by atoms with Crippen molar-refractivity contribution in [1.82, 2.24) is 0 Å². The van der Waals surface area contributed by atoms with Crippen molar-refractivity contribution in [2.24, 2.45) is 0 Å². The third-order valence-corrected chi connectivity index (χ3v) is 3.66. The lowest BCUT2D eigenvalue weighted by atomic mass is 10.1. The SMILES string of the molecule is CCCC[N+](CCCC)(CCCC)C(C)O.[I-]. The van der Waals surface area contributed by atoms with Gasteiger partial charge in [0.25, 0.3) is 0 Å². The number of quaternary nitrogens is 1. The first-order valence-corrected chi connectivity index (χ1v) is 7.16. The average molecular weight is 357 g/mol. The first-order valence-electron chi connectivity index (χ1n) is 7.16. The summed E-state index contributed by atoms with van der Waals surface area (Å²) >= 11 is 0. The fourth-order valence-corrected chi connectivity index (χ4v) is 2.31. The molecule has 0 saturated heterocycles. The molecular weight excluding hydrogens is 325 g/mol. The van der Waals surface area contributed by atoms with Crippen LogP contribution in [0.2, 0.25) is 0 Å². The summed E-state index contributed by atoms with van der Waals surface area (Å²) in [7, 11) is 0. The molecule has 1 atom stereocenters. The van der Waals surface area contributed by atoms with Crippen molar-refractivity contribution >= 4 is 0 Å². The zero-order valence-corrected chi connectivity index (χ0v) is 14.4. The number of halogens is 1. The van der Waals surface area contributed by atoms with Crippen LogP contribution in [0.25, 0.3) is 0 Å². The van der Waals surface area contributed by atoms with E-state index >= 15 is 0 Å². The highest BCUT2D eigenvalue weighted by molar-refractivity contribution is 4.48. The van der Waals surface area contributed by atoms with Gasteiger partial charge in [-0.2, -0.15) is 0 Å². The van der Waals surface area contributed by atoms with Crippen LogP contribution < -0.4 is 24.0 Å². The molecule has 1 N–H and O–H groups in total. The van der Waals surface area contributed by atoms with Gasteiger partial charge < -0.3 is 29.1 Å². The molecule has 0 fully saturated rings. The summed E-state index contributed by atoms with van der Waals surface area (Å²) in [5.41, 5.74) is 0. The highest BCUT2D eigenvalue weighted by Gasteiger charge is 2.30. The van der Waals surface area contributed by atoms with E-state index in [1.54, 1.807) is 0 Å². The van der Waals surface area contributed by atoms with Crippen LogP contribution in [0.4, 0.5) is 0 Å². The van der Waals surface area contributed by atoms with Crippen LogP contribution in [0.5, 0.6) is 0 Å². The monoisotopic (exact) mass is 357 g/mol. The van der Waals surface area contributed by atoms with Crippen LogP contribution in [0.3, 0.4) is 0 Å². The number of hydrogen-bond donors (Lipinski definition) is 1. The van der Waals surface area contributed by atoms with E-state index in [9.17, 15) is 5.11 Å². The maximum Gasteiger partial charge on any atom is 0.187 e. The Bertz CT molecular complexity index is 141. The minimum absolute atomic E-state index is 0. The number of hydrogen-bond acceptors (Lipinski definition) is 1. The van der Waals surface area contributed by atoms with Gasteiger partial charge in [-0.1, -0.05) is 40.0 Å². The van der Waals surface area contributed by atoms with Crippen LogP contribution in [0, 0.1) is 0 Å². The van der Waals surface area contributed by atoms with Crippen molar-refractivity contribution in [1.29, 1.82) is 0 Å². The molecule has 3 heteroatoms. The summed E-state index contributed by atoms with van der Waals surface area (Å²) in [6, 6.07) is 0. The van der Waals surface area contributed by atoms with E-state index in [0.717, 1.165) is 24.1 Å². The van der Waals surface area contributed by atoms with E-state index in [0.29, 0.717) is 0 Å². The molecule has 0 rings (SSSR count). The second-order valence-corrected chi connectivity index (χ2v) is 5.08. The van der Waals surface area contributed by atoms with Crippen molar-refractivity contribution in [2.75, 3.05) is 19.6 Å². The molecular formula is C14H32INO. The molecule has 0 radical (unpaired) electrons. The van der Waals surface area contributed by atoms with Crippen LogP contribution in [0.15, 0.2) is 0 Å². The first-order chi connectivity index (χ1) is 7.63. The zero-order valence-electron chi connectivity index (χ0n) is 12.2. The van der Waals surface area contributed by atoms with E-state index in [1.165, 1.54) is 38.5 Å². The van der Waals surface area contributed by atoms with Crippen LogP contribution in [-0.4, -0.2) is 35.5 Å². The third kappa shape index (κ3) is 7.62. The summed E-state index contributed by atoms with van der Waals surface area (Å²) in [6.45, 7) is 12.1. The Morgan fingerprint density at radius 1 is 0.824 bits per heavy atom. The van der Waals surface area contributed by atoms with E-state index in [4.69, 9.17) is 0 Å². The summed E-state index contributed by atoms with van der Waals surface area (Å²) in [5.74, 6) is 0. The molecule has 1 unspecified atom stereocenters. The van der Waals surface area contributed by atoms with Crippen molar-refractivity contribution in [3.05, 3.63) is 0 Å². The molecule has 2 nitrogen and oxygen atoms in total. The van der Waals surface area contributed by atoms with Crippen molar-refractivity contribution < 1.29 is 33.6 Å². The molecule has 0 bridgehead atoms. The molecule has 0 saturated carbocycles. The quantitative estimate of drug-likeness (QED) is 0.344. The van der Waals surface area contributed by atoms with Crippen LogP contribution >= 0.6 is 0 Å². The Morgan fingerprint density at radius 2 is 1.12 bits per heavy atom. The Morgan fingerprint density at radius 3 is 1.29 bits per heavy atom. The molecule has 0 aliphatic rings. The fraction of sp³-hybridized carbons (Fsp3) is 1.00. The van der Waals surface area contributed by atoms with E-state index in [2.05, 4.69) is 20.8 Å². The summed E-state index contributed by atoms with van der Waals surface area (Å²) < 4.78 is 0.926. The predicted molar refractivity (Wildman–Crippen MR) is 71.3 cm³/mol. The lowest BCUT2D eigenvalue weighted by Crippen LogP contribution is -3.00. The van der Waals surface area contributed by atoms with Gasteiger partial charge in [0.15, 0.2) is 6.23 Å². The number of aliphatic hydroxyl groups excluding tert-OH is 1. The summed E-state index contributed by atoms with van der Waals surface area (Å²) in [4.78, 5) is 0. The minimum Gasteiger partial charge on any atom is -1.00 e. The Balaban J connectivity index is 0. The maximum absolute atomic E-state index is 10.1. The zero-order chi connectivity index (χ0) is 12.4. The van der Waals surface area contributed by atoms with Gasteiger partial charge in [-0.15, -0.1) is 0 Å². The second kappa shape index (κ2) is 11.7.